The molecule has 1 rings (SSSR count). The van der Waals surface area contributed by atoms with Gasteiger partial charge in [0.15, 0.2) is 0 Å². The smallest absolute Gasteiger partial charge is 0.273 e. The van der Waals surface area contributed by atoms with Gasteiger partial charge in [-0.1, -0.05) is 44.3 Å². The van der Waals surface area contributed by atoms with E-state index in [-0.39, 0.29) is 12.5 Å². The van der Waals surface area contributed by atoms with Crippen LogP contribution in [0.2, 0.25) is 0 Å². The average Bonchev–Trinajstić information content (AvgIpc) is 2.99. The van der Waals surface area contributed by atoms with Gasteiger partial charge in [-0.25, -0.2) is 4.98 Å². The molecule has 0 fully saturated rings. The Labute approximate surface area is 142 Å². The normalized spacial score (nSPS) is 12.7. The third kappa shape index (κ3) is 8.68. The lowest BCUT2D eigenvalue weighted by molar-refractivity contribution is 0.0958. The van der Waals surface area contributed by atoms with Crippen LogP contribution in [0.5, 0.6) is 5.19 Å². The third-order valence-electron chi connectivity index (χ3n) is 2.87. The molecular weight excluding hydrogens is 314 g/mol. The molecule has 1 unspecified atom stereocenters. The van der Waals surface area contributed by atoms with Gasteiger partial charge in [-0.15, -0.1) is 0 Å². The Bertz CT molecular complexity index is 489. The predicted octanol–water partition coefficient (Wildman–Crippen LogP) is 1.97. The molecule has 0 saturated carbocycles. The molecule has 1 amide bonds. The van der Waals surface area contributed by atoms with Crippen LogP contribution in [0.1, 0.15) is 43.3 Å². The van der Waals surface area contributed by atoms with E-state index in [0.717, 1.165) is 12.8 Å². The molecule has 1 atom stereocenters. The van der Waals surface area contributed by atoms with Crippen LogP contribution < -0.4 is 15.4 Å². The predicted molar refractivity (Wildman–Crippen MR) is 93.1 cm³/mol. The maximum absolute atomic E-state index is 11.9. The van der Waals surface area contributed by atoms with Crippen molar-refractivity contribution in [1.29, 1.82) is 0 Å². The Hall–Kier alpha value is -1.44. The highest BCUT2D eigenvalue weighted by atomic mass is 32.1. The van der Waals surface area contributed by atoms with Crippen molar-refractivity contribution in [3.05, 3.63) is 23.2 Å². The van der Waals surface area contributed by atoms with Crippen molar-refractivity contribution >= 4 is 17.2 Å². The topological polar surface area (TPSA) is 83.5 Å². The Morgan fingerprint density at radius 2 is 2.26 bits per heavy atom. The first-order chi connectivity index (χ1) is 11.0. The van der Waals surface area contributed by atoms with Gasteiger partial charge in [0.2, 0.25) is 0 Å². The van der Waals surface area contributed by atoms with Crippen LogP contribution in [-0.2, 0) is 0 Å². The SMILES string of the molecule is CC/C=C\CCNC(=O)c1cnc(OCC(O)CNC(C)C)s1. The fourth-order valence-corrected chi connectivity index (χ4v) is 2.36. The number of aliphatic hydroxyl groups excluding tert-OH is 1. The van der Waals surface area contributed by atoms with Gasteiger partial charge in [0, 0.05) is 19.1 Å². The number of hydrogen-bond acceptors (Lipinski definition) is 6. The van der Waals surface area contributed by atoms with Gasteiger partial charge in [0.1, 0.15) is 17.6 Å². The number of nitrogens with zero attached hydrogens (tertiary/aromatic N) is 1. The van der Waals surface area contributed by atoms with E-state index in [9.17, 15) is 9.90 Å². The molecule has 7 heteroatoms. The van der Waals surface area contributed by atoms with E-state index in [0.29, 0.717) is 29.2 Å². The third-order valence-corrected chi connectivity index (χ3v) is 3.78. The molecule has 6 nitrogen and oxygen atoms in total. The zero-order chi connectivity index (χ0) is 17.1. The van der Waals surface area contributed by atoms with Crippen molar-refractivity contribution in [1.82, 2.24) is 15.6 Å². The van der Waals surface area contributed by atoms with Crippen LogP contribution in [-0.4, -0.2) is 47.8 Å². The summed E-state index contributed by atoms with van der Waals surface area (Å²) in [6, 6.07) is 0.312. The van der Waals surface area contributed by atoms with Gasteiger partial charge in [-0.3, -0.25) is 4.79 Å². The van der Waals surface area contributed by atoms with E-state index in [4.69, 9.17) is 4.74 Å². The lowest BCUT2D eigenvalue weighted by Gasteiger charge is -2.13. The molecule has 0 radical (unpaired) electrons. The first kappa shape index (κ1) is 19.6. The molecule has 0 saturated heterocycles. The van der Waals surface area contributed by atoms with Gasteiger partial charge < -0.3 is 20.5 Å². The number of nitrogens with one attached hydrogen (secondary N) is 2. The number of thiazole rings is 1. The second-order valence-corrected chi connectivity index (χ2v) is 6.44. The summed E-state index contributed by atoms with van der Waals surface area (Å²) < 4.78 is 5.41. The summed E-state index contributed by atoms with van der Waals surface area (Å²) in [5.41, 5.74) is 0. The summed E-state index contributed by atoms with van der Waals surface area (Å²) in [6.45, 7) is 7.30. The number of allylic oxidation sites excluding steroid dienone is 1. The highest BCUT2D eigenvalue weighted by molar-refractivity contribution is 7.15. The molecule has 0 aliphatic carbocycles. The van der Waals surface area contributed by atoms with Crippen molar-refractivity contribution in [3.8, 4) is 5.19 Å². The lowest BCUT2D eigenvalue weighted by Crippen LogP contribution is -2.35. The molecule has 0 aromatic carbocycles. The number of aliphatic hydroxyl groups is 1. The summed E-state index contributed by atoms with van der Waals surface area (Å²) in [4.78, 5) is 16.5. The van der Waals surface area contributed by atoms with Crippen LogP contribution in [0.3, 0.4) is 0 Å². The number of ether oxygens (including phenoxy) is 1. The van der Waals surface area contributed by atoms with Crippen LogP contribution in [0.25, 0.3) is 0 Å². The first-order valence-corrected chi connectivity index (χ1v) is 8.77. The maximum atomic E-state index is 11.9. The molecule has 1 heterocycles. The Kier molecular flexibility index (Phi) is 9.51. The second-order valence-electron chi connectivity index (χ2n) is 5.44. The van der Waals surface area contributed by atoms with Crippen molar-refractivity contribution in [3.63, 3.8) is 0 Å². The van der Waals surface area contributed by atoms with Gasteiger partial charge in [0.05, 0.1) is 6.20 Å². The molecule has 0 aliphatic heterocycles. The molecule has 1 aromatic heterocycles. The summed E-state index contributed by atoms with van der Waals surface area (Å²) in [6.07, 6.45) is 6.83. The van der Waals surface area contributed by atoms with Crippen LogP contribution in [0.4, 0.5) is 0 Å². The number of hydrogen-bond donors (Lipinski definition) is 3. The summed E-state index contributed by atoms with van der Waals surface area (Å²) in [5, 5.41) is 16.1. The highest BCUT2D eigenvalue weighted by Crippen LogP contribution is 2.20. The Balaban J connectivity index is 2.30. The standard InChI is InChI=1S/C16H27N3O3S/c1-4-5-6-7-8-17-15(21)14-10-19-16(23-14)22-11-13(20)9-18-12(2)3/h5-6,10,12-13,18,20H,4,7-9,11H2,1-3H3,(H,17,21)/b6-5-. The quantitative estimate of drug-likeness (QED) is 0.423. The second kappa shape index (κ2) is 11.2. The number of amides is 1. The zero-order valence-electron chi connectivity index (χ0n) is 14.0. The Morgan fingerprint density at radius 3 is 2.96 bits per heavy atom. The lowest BCUT2D eigenvalue weighted by atomic mass is 10.3. The molecule has 23 heavy (non-hydrogen) atoms. The summed E-state index contributed by atoms with van der Waals surface area (Å²) in [7, 11) is 0. The fraction of sp³-hybridized carbons (Fsp3) is 0.625. The molecule has 0 aliphatic rings. The van der Waals surface area contributed by atoms with Crippen LogP contribution in [0, 0.1) is 0 Å². The summed E-state index contributed by atoms with van der Waals surface area (Å²) in [5.74, 6) is -0.149. The van der Waals surface area contributed by atoms with Crippen LogP contribution in [0.15, 0.2) is 18.3 Å². The maximum Gasteiger partial charge on any atom is 0.273 e. The van der Waals surface area contributed by atoms with E-state index < -0.39 is 6.10 Å². The van der Waals surface area contributed by atoms with Crippen LogP contribution >= 0.6 is 11.3 Å². The largest absolute Gasteiger partial charge is 0.467 e. The average molecular weight is 341 g/mol. The molecular formula is C16H27N3O3S. The highest BCUT2D eigenvalue weighted by Gasteiger charge is 2.12. The van der Waals surface area contributed by atoms with Gasteiger partial charge in [0.25, 0.3) is 11.1 Å². The number of carbonyl (C=O) groups excluding carboxylic acids is 1. The van der Waals surface area contributed by atoms with E-state index >= 15 is 0 Å². The minimum Gasteiger partial charge on any atom is -0.467 e. The number of carbonyl (C=O) groups is 1. The van der Waals surface area contributed by atoms with Crippen molar-refractivity contribution in [2.24, 2.45) is 0 Å². The molecule has 3 N–H and O–H groups in total. The van der Waals surface area contributed by atoms with Gasteiger partial charge in [-0.2, -0.15) is 0 Å². The van der Waals surface area contributed by atoms with E-state index in [1.54, 1.807) is 0 Å². The first-order valence-electron chi connectivity index (χ1n) is 7.96. The van der Waals surface area contributed by atoms with Gasteiger partial charge >= 0.3 is 0 Å². The molecule has 130 valence electrons. The molecule has 0 bridgehead atoms. The van der Waals surface area contributed by atoms with E-state index in [1.165, 1.54) is 17.5 Å². The molecule has 1 aromatic rings. The number of aromatic nitrogens is 1. The summed E-state index contributed by atoms with van der Waals surface area (Å²) >= 11 is 1.18. The minimum absolute atomic E-state index is 0.149. The molecule has 0 spiro atoms. The van der Waals surface area contributed by atoms with Crippen molar-refractivity contribution in [2.75, 3.05) is 19.7 Å². The monoisotopic (exact) mass is 341 g/mol. The van der Waals surface area contributed by atoms with E-state index in [1.807, 2.05) is 19.9 Å². The Morgan fingerprint density at radius 1 is 1.48 bits per heavy atom. The van der Waals surface area contributed by atoms with E-state index in [2.05, 4.69) is 28.6 Å². The van der Waals surface area contributed by atoms with Crippen molar-refractivity contribution < 1.29 is 14.6 Å². The minimum atomic E-state index is -0.607. The van der Waals surface area contributed by atoms with Crippen molar-refractivity contribution in [2.45, 2.75) is 45.8 Å². The zero-order valence-corrected chi connectivity index (χ0v) is 14.9. The van der Waals surface area contributed by atoms with Gasteiger partial charge in [-0.05, 0) is 12.8 Å². The fourth-order valence-electron chi connectivity index (χ4n) is 1.67. The number of rotatable bonds is 11.